The van der Waals surface area contributed by atoms with E-state index in [4.69, 9.17) is 0 Å². The van der Waals surface area contributed by atoms with E-state index < -0.39 is 0 Å². The van der Waals surface area contributed by atoms with Gasteiger partial charge in [0.15, 0.2) is 0 Å². The SMILES string of the molecule is O=C1NC(=O)/C(=C/c2ccnc(NC3CCCCC3)n2)S1. The number of anilines is 1. The van der Waals surface area contributed by atoms with Gasteiger partial charge in [-0.05, 0) is 36.7 Å². The molecule has 1 aliphatic heterocycles. The molecule has 1 aliphatic carbocycles. The number of imide groups is 1. The summed E-state index contributed by atoms with van der Waals surface area (Å²) >= 11 is 0.891. The van der Waals surface area contributed by atoms with E-state index in [9.17, 15) is 9.59 Å². The van der Waals surface area contributed by atoms with Gasteiger partial charge < -0.3 is 5.32 Å². The van der Waals surface area contributed by atoms with E-state index in [1.54, 1.807) is 18.3 Å². The predicted molar refractivity (Wildman–Crippen MR) is 81.6 cm³/mol. The number of rotatable bonds is 3. The Kier molecular flexibility index (Phi) is 4.19. The summed E-state index contributed by atoms with van der Waals surface area (Å²) in [6.07, 6.45) is 9.32. The molecule has 0 bridgehead atoms. The molecule has 0 spiro atoms. The number of thioether (sulfide) groups is 1. The molecular weight excluding hydrogens is 288 g/mol. The molecule has 0 atom stereocenters. The molecule has 2 N–H and O–H groups in total. The fraction of sp³-hybridized carbons (Fsp3) is 0.429. The van der Waals surface area contributed by atoms with Crippen LogP contribution in [0, 0.1) is 0 Å². The highest BCUT2D eigenvalue weighted by Gasteiger charge is 2.25. The lowest BCUT2D eigenvalue weighted by Crippen LogP contribution is -2.23. The zero-order valence-corrected chi connectivity index (χ0v) is 12.3. The van der Waals surface area contributed by atoms with Gasteiger partial charge in [0.25, 0.3) is 11.1 Å². The summed E-state index contributed by atoms with van der Waals surface area (Å²) in [4.78, 5) is 31.6. The second kappa shape index (κ2) is 6.26. The Morgan fingerprint density at radius 3 is 2.81 bits per heavy atom. The Balaban J connectivity index is 1.72. The first-order valence-electron chi connectivity index (χ1n) is 7.05. The van der Waals surface area contributed by atoms with Crippen LogP contribution < -0.4 is 10.6 Å². The van der Waals surface area contributed by atoms with Crippen LogP contribution in [0.1, 0.15) is 37.8 Å². The summed E-state index contributed by atoms with van der Waals surface area (Å²) in [5.74, 6) is 0.205. The largest absolute Gasteiger partial charge is 0.351 e. The first-order chi connectivity index (χ1) is 10.2. The van der Waals surface area contributed by atoms with Crippen LogP contribution in [-0.4, -0.2) is 27.2 Å². The van der Waals surface area contributed by atoms with E-state index in [0.29, 0.717) is 22.6 Å². The van der Waals surface area contributed by atoms with Crippen LogP contribution in [0.5, 0.6) is 0 Å². The molecule has 0 unspecified atom stereocenters. The Bertz CT molecular complexity index is 596. The summed E-state index contributed by atoms with van der Waals surface area (Å²) in [5.41, 5.74) is 0.621. The first kappa shape index (κ1) is 14.1. The van der Waals surface area contributed by atoms with Crippen molar-refractivity contribution in [2.24, 2.45) is 0 Å². The maximum atomic E-state index is 11.5. The third-order valence-corrected chi connectivity index (χ3v) is 4.35. The molecule has 21 heavy (non-hydrogen) atoms. The molecule has 6 nitrogen and oxygen atoms in total. The van der Waals surface area contributed by atoms with Gasteiger partial charge in [-0.15, -0.1) is 0 Å². The summed E-state index contributed by atoms with van der Waals surface area (Å²) in [7, 11) is 0. The number of carbonyl (C=O) groups excluding carboxylic acids is 2. The van der Waals surface area contributed by atoms with Gasteiger partial charge in [0.1, 0.15) is 0 Å². The van der Waals surface area contributed by atoms with Crippen molar-refractivity contribution in [3.8, 4) is 0 Å². The number of nitrogens with one attached hydrogen (secondary N) is 2. The summed E-state index contributed by atoms with van der Waals surface area (Å²) < 4.78 is 0. The van der Waals surface area contributed by atoms with E-state index in [1.165, 1.54) is 19.3 Å². The minimum Gasteiger partial charge on any atom is -0.351 e. The zero-order chi connectivity index (χ0) is 14.7. The quantitative estimate of drug-likeness (QED) is 0.835. The average Bonchev–Trinajstić information content (AvgIpc) is 2.78. The van der Waals surface area contributed by atoms with Gasteiger partial charge >= 0.3 is 0 Å². The van der Waals surface area contributed by atoms with Gasteiger partial charge in [-0.1, -0.05) is 19.3 Å². The number of aromatic nitrogens is 2. The molecule has 1 saturated carbocycles. The highest BCUT2D eigenvalue weighted by molar-refractivity contribution is 8.18. The predicted octanol–water partition coefficient (Wildman–Crippen LogP) is 2.55. The number of carbonyl (C=O) groups is 2. The van der Waals surface area contributed by atoms with Gasteiger partial charge in [-0.25, -0.2) is 9.97 Å². The molecule has 2 fully saturated rings. The molecular formula is C14H16N4O2S. The lowest BCUT2D eigenvalue weighted by atomic mass is 9.96. The average molecular weight is 304 g/mol. The molecule has 110 valence electrons. The number of hydrogen-bond acceptors (Lipinski definition) is 6. The van der Waals surface area contributed by atoms with Crippen molar-refractivity contribution in [1.82, 2.24) is 15.3 Å². The standard InChI is InChI=1S/C14H16N4O2S/c19-12-11(21-14(20)18-12)8-10-6-7-15-13(17-10)16-9-4-2-1-3-5-9/h6-9H,1-5H2,(H,15,16,17)(H,18,19,20)/b11-8-. The van der Waals surface area contributed by atoms with Gasteiger partial charge in [0.05, 0.1) is 10.6 Å². The van der Waals surface area contributed by atoms with E-state index in [1.807, 2.05) is 0 Å². The Hall–Kier alpha value is -1.89. The zero-order valence-electron chi connectivity index (χ0n) is 11.5. The van der Waals surface area contributed by atoms with Crippen molar-refractivity contribution >= 4 is 34.9 Å². The van der Waals surface area contributed by atoms with Crippen LogP contribution in [-0.2, 0) is 4.79 Å². The number of hydrogen-bond donors (Lipinski definition) is 2. The number of nitrogens with zero attached hydrogens (tertiary/aromatic N) is 2. The van der Waals surface area contributed by atoms with Crippen molar-refractivity contribution in [3.05, 3.63) is 22.9 Å². The third kappa shape index (κ3) is 3.60. The van der Waals surface area contributed by atoms with Crippen LogP contribution in [0.4, 0.5) is 10.7 Å². The van der Waals surface area contributed by atoms with Crippen molar-refractivity contribution in [1.29, 1.82) is 0 Å². The lowest BCUT2D eigenvalue weighted by Gasteiger charge is -2.22. The fourth-order valence-electron chi connectivity index (χ4n) is 2.51. The molecule has 7 heteroatoms. The highest BCUT2D eigenvalue weighted by Crippen LogP contribution is 2.25. The minimum atomic E-state index is -0.370. The van der Waals surface area contributed by atoms with E-state index in [2.05, 4.69) is 20.6 Å². The van der Waals surface area contributed by atoms with E-state index in [-0.39, 0.29) is 11.1 Å². The van der Waals surface area contributed by atoms with Gasteiger partial charge in [0.2, 0.25) is 5.95 Å². The molecule has 2 amide bonds. The smallest absolute Gasteiger partial charge is 0.290 e. The molecule has 0 radical (unpaired) electrons. The minimum absolute atomic E-state index is 0.346. The van der Waals surface area contributed by atoms with Crippen molar-refractivity contribution < 1.29 is 9.59 Å². The molecule has 1 saturated heterocycles. The fourth-order valence-corrected chi connectivity index (χ4v) is 3.17. The first-order valence-corrected chi connectivity index (χ1v) is 7.87. The Morgan fingerprint density at radius 2 is 2.10 bits per heavy atom. The topological polar surface area (TPSA) is 84.0 Å². The van der Waals surface area contributed by atoms with Crippen LogP contribution in [0.3, 0.4) is 0 Å². The summed E-state index contributed by atoms with van der Waals surface area (Å²) in [6.45, 7) is 0. The van der Waals surface area contributed by atoms with Gasteiger partial charge in [0, 0.05) is 12.2 Å². The van der Waals surface area contributed by atoms with Crippen LogP contribution >= 0.6 is 11.8 Å². The summed E-state index contributed by atoms with van der Waals surface area (Å²) in [6, 6.07) is 2.14. The van der Waals surface area contributed by atoms with Gasteiger partial charge in [-0.2, -0.15) is 0 Å². The normalized spacial score (nSPS) is 21.6. The molecule has 0 aromatic carbocycles. The van der Waals surface area contributed by atoms with E-state index >= 15 is 0 Å². The molecule has 1 aromatic rings. The van der Waals surface area contributed by atoms with Crippen LogP contribution in [0.15, 0.2) is 17.2 Å². The summed E-state index contributed by atoms with van der Waals surface area (Å²) in [5, 5.41) is 5.22. The van der Waals surface area contributed by atoms with Crippen molar-refractivity contribution in [2.75, 3.05) is 5.32 Å². The van der Waals surface area contributed by atoms with Crippen LogP contribution in [0.25, 0.3) is 6.08 Å². The lowest BCUT2D eigenvalue weighted by molar-refractivity contribution is -0.115. The molecule has 3 rings (SSSR count). The second-order valence-electron chi connectivity index (χ2n) is 5.14. The molecule has 2 aliphatic rings. The maximum absolute atomic E-state index is 11.5. The second-order valence-corrected chi connectivity index (χ2v) is 6.15. The highest BCUT2D eigenvalue weighted by atomic mass is 32.2. The van der Waals surface area contributed by atoms with Crippen molar-refractivity contribution in [3.63, 3.8) is 0 Å². The van der Waals surface area contributed by atoms with Crippen molar-refractivity contribution in [2.45, 2.75) is 38.1 Å². The molecule has 1 aromatic heterocycles. The monoisotopic (exact) mass is 304 g/mol. The van der Waals surface area contributed by atoms with Gasteiger partial charge in [-0.3, -0.25) is 14.9 Å². The Labute approximate surface area is 126 Å². The van der Waals surface area contributed by atoms with E-state index in [0.717, 1.165) is 24.6 Å². The molecule has 2 heterocycles. The third-order valence-electron chi connectivity index (χ3n) is 3.54. The number of amides is 2. The Morgan fingerprint density at radius 1 is 1.29 bits per heavy atom. The van der Waals surface area contributed by atoms with Crippen LogP contribution in [0.2, 0.25) is 0 Å². The maximum Gasteiger partial charge on any atom is 0.290 e.